The predicted octanol–water partition coefficient (Wildman–Crippen LogP) is 3.24. The Morgan fingerprint density at radius 2 is 1.89 bits per heavy atom. The number of benzene rings is 2. The van der Waals surface area contributed by atoms with Gasteiger partial charge in [-0.2, -0.15) is 14.6 Å². The number of hydrogen-bond acceptors (Lipinski definition) is 4. The number of carbonyl (C=O) groups is 1. The van der Waals surface area contributed by atoms with Crippen molar-refractivity contribution < 1.29 is 13.9 Å². The third kappa shape index (κ3) is 4.78. The molecule has 7 heteroatoms. The van der Waals surface area contributed by atoms with Gasteiger partial charge in [-0.3, -0.25) is 4.79 Å². The number of nitrogens with zero attached hydrogens (tertiary/aromatic N) is 3. The lowest BCUT2D eigenvalue weighted by molar-refractivity contribution is -0.123. The Bertz CT molecular complexity index is 921. The fourth-order valence-corrected chi connectivity index (χ4v) is 2.42. The molecule has 0 atom stereocenters. The summed E-state index contributed by atoms with van der Waals surface area (Å²) in [5, 5.41) is 7.57. The van der Waals surface area contributed by atoms with E-state index in [0.29, 0.717) is 12.3 Å². The van der Waals surface area contributed by atoms with Gasteiger partial charge in [0.05, 0.1) is 18.0 Å². The fraction of sp³-hybridized carbons (Fsp3) is 0.150. The van der Waals surface area contributed by atoms with E-state index in [1.807, 2.05) is 42.5 Å². The second-order valence-corrected chi connectivity index (χ2v) is 5.68. The zero-order valence-electron chi connectivity index (χ0n) is 14.8. The summed E-state index contributed by atoms with van der Waals surface area (Å²) in [5.74, 6) is -0.365. The zero-order chi connectivity index (χ0) is 19.1. The minimum absolute atomic E-state index is 0.196. The smallest absolute Gasteiger partial charge is 0.277 e. The summed E-state index contributed by atoms with van der Waals surface area (Å²) in [4.78, 5) is 11.8. The summed E-state index contributed by atoms with van der Waals surface area (Å²) < 4.78 is 20.4. The van der Waals surface area contributed by atoms with Crippen LogP contribution in [0.25, 0.3) is 11.1 Å². The van der Waals surface area contributed by atoms with E-state index in [-0.39, 0.29) is 12.2 Å². The third-order valence-electron chi connectivity index (χ3n) is 3.82. The van der Waals surface area contributed by atoms with Gasteiger partial charge < -0.3 is 4.74 Å². The molecule has 0 bridgehead atoms. The molecular formula is C20H19FN4O2. The Kier molecular flexibility index (Phi) is 5.94. The molecule has 0 aliphatic carbocycles. The van der Waals surface area contributed by atoms with Gasteiger partial charge >= 0.3 is 0 Å². The largest absolute Gasteiger partial charge is 0.484 e. The normalized spacial score (nSPS) is 10.9. The molecule has 3 rings (SSSR count). The maximum Gasteiger partial charge on any atom is 0.277 e. The first-order valence-electron chi connectivity index (χ1n) is 8.49. The molecule has 1 N–H and O–H groups in total. The van der Waals surface area contributed by atoms with E-state index in [4.69, 9.17) is 4.74 Å². The van der Waals surface area contributed by atoms with Crippen LogP contribution in [0.2, 0.25) is 0 Å². The van der Waals surface area contributed by atoms with Crippen LogP contribution < -0.4 is 10.2 Å². The third-order valence-corrected chi connectivity index (χ3v) is 3.82. The van der Waals surface area contributed by atoms with E-state index >= 15 is 0 Å². The van der Waals surface area contributed by atoms with Crippen LogP contribution in [0.4, 0.5) is 4.39 Å². The number of amides is 1. The molecule has 0 saturated carbocycles. The molecule has 27 heavy (non-hydrogen) atoms. The second kappa shape index (κ2) is 8.75. The number of carbonyl (C=O) groups excluding carboxylic acids is 1. The maximum absolute atomic E-state index is 13.8. The van der Waals surface area contributed by atoms with Gasteiger partial charge in [0, 0.05) is 6.54 Å². The monoisotopic (exact) mass is 366 g/mol. The van der Waals surface area contributed by atoms with E-state index in [0.717, 1.165) is 11.1 Å². The number of nitrogens with one attached hydrogen (secondary N) is 1. The SMILES string of the molecule is CCn1ncc(/C=N\NC(=O)COc2ccc(-c3ccccc3)cc2)c1F. The van der Waals surface area contributed by atoms with Gasteiger partial charge in [0.15, 0.2) is 6.61 Å². The summed E-state index contributed by atoms with van der Waals surface area (Å²) in [7, 11) is 0. The molecule has 0 unspecified atom stereocenters. The molecule has 0 fully saturated rings. The lowest BCUT2D eigenvalue weighted by atomic mass is 10.1. The van der Waals surface area contributed by atoms with Gasteiger partial charge in [0.2, 0.25) is 5.95 Å². The highest BCUT2D eigenvalue weighted by Crippen LogP contribution is 2.21. The topological polar surface area (TPSA) is 68.5 Å². The Morgan fingerprint density at radius 1 is 1.19 bits per heavy atom. The van der Waals surface area contributed by atoms with Crippen molar-refractivity contribution >= 4 is 12.1 Å². The average molecular weight is 366 g/mol. The number of aromatic nitrogens is 2. The Morgan fingerprint density at radius 3 is 2.56 bits per heavy atom. The van der Waals surface area contributed by atoms with Gasteiger partial charge in [-0.15, -0.1) is 0 Å². The number of aryl methyl sites for hydroxylation is 1. The number of ether oxygens (including phenoxy) is 1. The molecule has 2 aromatic carbocycles. The van der Waals surface area contributed by atoms with Crippen molar-refractivity contribution in [1.29, 1.82) is 0 Å². The molecule has 3 aromatic rings. The lowest BCUT2D eigenvalue weighted by Crippen LogP contribution is -2.24. The Balaban J connectivity index is 1.49. The first-order valence-corrected chi connectivity index (χ1v) is 8.49. The number of rotatable bonds is 7. The molecule has 0 aliphatic rings. The fourth-order valence-electron chi connectivity index (χ4n) is 2.42. The van der Waals surface area contributed by atoms with Crippen molar-refractivity contribution in [3.63, 3.8) is 0 Å². The highest BCUT2D eigenvalue weighted by Gasteiger charge is 2.07. The molecule has 0 spiro atoms. The van der Waals surface area contributed by atoms with Crippen molar-refractivity contribution in [1.82, 2.24) is 15.2 Å². The first kappa shape index (κ1) is 18.3. The van der Waals surface area contributed by atoms with Gasteiger partial charge in [-0.1, -0.05) is 42.5 Å². The average Bonchev–Trinajstić information content (AvgIpc) is 3.07. The van der Waals surface area contributed by atoms with Crippen LogP contribution in [0.3, 0.4) is 0 Å². The van der Waals surface area contributed by atoms with Crippen LogP contribution in [0, 0.1) is 5.95 Å². The summed E-state index contributed by atoms with van der Waals surface area (Å²) in [6, 6.07) is 17.4. The molecule has 1 heterocycles. The molecule has 0 radical (unpaired) electrons. The number of hydrogen-bond donors (Lipinski definition) is 1. The first-order chi connectivity index (χ1) is 13.2. The molecular weight excluding hydrogens is 347 g/mol. The summed E-state index contributed by atoms with van der Waals surface area (Å²) in [6.07, 6.45) is 2.56. The Labute approximate surface area is 156 Å². The number of halogens is 1. The minimum atomic E-state index is -0.495. The predicted molar refractivity (Wildman–Crippen MR) is 101 cm³/mol. The quantitative estimate of drug-likeness (QED) is 0.516. The highest BCUT2D eigenvalue weighted by molar-refractivity contribution is 5.82. The van der Waals surface area contributed by atoms with E-state index in [1.54, 1.807) is 19.1 Å². The molecule has 138 valence electrons. The molecule has 6 nitrogen and oxygen atoms in total. The van der Waals surface area contributed by atoms with Crippen LogP contribution in [0.5, 0.6) is 5.75 Å². The number of hydrazone groups is 1. The van der Waals surface area contributed by atoms with Crippen LogP contribution in [0.15, 0.2) is 65.9 Å². The van der Waals surface area contributed by atoms with E-state index < -0.39 is 11.9 Å². The van der Waals surface area contributed by atoms with E-state index in [9.17, 15) is 9.18 Å². The van der Waals surface area contributed by atoms with Crippen molar-refractivity contribution in [2.24, 2.45) is 5.10 Å². The standard InChI is InChI=1S/C20H19FN4O2/c1-2-25-20(21)17(13-23-25)12-22-24-19(26)14-27-18-10-8-16(9-11-18)15-6-4-3-5-7-15/h3-13H,2,14H2,1H3,(H,24,26)/b22-12-. The van der Waals surface area contributed by atoms with Gasteiger partial charge in [0.25, 0.3) is 5.91 Å². The summed E-state index contributed by atoms with van der Waals surface area (Å²) in [6.45, 7) is 2.00. The van der Waals surface area contributed by atoms with Crippen molar-refractivity contribution in [3.8, 4) is 16.9 Å². The second-order valence-electron chi connectivity index (χ2n) is 5.68. The molecule has 1 amide bonds. The van der Waals surface area contributed by atoms with Crippen LogP contribution in [-0.4, -0.2) is 28.5 Å². The van der Waals surface area contributed by atoms with Crippen molar-refractivity contribution in [2.45, 2.75) is 13.5 Å². The maximum atomic E-state index is 13.8. The van der Waals surface area contributed by atoms with E-state index in [2.05, 4.69) is 15.6 Å². The molecule has 0 saturated heterocycles. The lowest BCUT2D eigenvalue weighted by Gasteiger charge is -2.06. The zero-order valence-corrected chi connectivity index (χ0v) is 14.8. The van der Waals surface area contributed by atoms with Crippen molar-refractivity contribution in [2.75, 3.05) is 6.61 Å². The summed E-state index contributed by atoms with van der Waals surface area (Å²) in [5.41, 5.74) is 4.67. The van der Waals surface area contributed by atoms with Gasteiger partial charge in [0.1, 0.15) is 5.75 Å². The van der Waals surface area contributed by atoms with Crippen molar-refractivity contribution in [3.05, 3.63) is 72.3 Å². The molecule has 1 aromatic heterocycles. The van der Waals surface area contributed by atoms with Crippen LogP contribution >= 0.6 is 0 Å². The Hall–Kier alpha value is -3.48. The molecule has 0 aliphatic heterocycles. The van der Waals surface area contributed by atoms with Crippen LogP contribution in [0.1, 0.15) is 12.5 Å². The van der Waals surface area contributed by atoms with E-state index in [1.165, 1.54) is 17.1 Å². The highest BCUT2D eigenvalue weighted by atomic mass is 19.1. The van der Waals surface area contributed by atoms with Gasteiger partial charge in [-0.25, -0.2) is 10.1 Å². The van der Waals surface area contributed by atoms with Gasteiger partial charge in [-0.05, 0) is 30.2 Å². The van der Waals surface area contributed by atoms with Crippen LogP contribution in [-0.2, 0) is 11.3 Å². The summed E-state index contributed by atoms with van der Waals surface area (Å²) >= 11 is 0. The minimum Gasteiger partial charge on any atom is -0.484 e.